The van der Waals surface area contributed by atoms with E-state index >= 15 is 0 Å². The van der Waals surface area contributed by atoms with Crippen LogP contribution in [0.5, 0.6) is 0 Å². The summed E-state index contributed by atoms with van der Waals surface area (Å²) in [5.74, 6) is 0.479. The molecule has 0 unspecified atom stereocenters. The van der Waals surface area contributed by atoms with Gasteiger partial charge in [-0.3, -0.25) is 0 Å². The molecule has 0 spiro atoms. The van der Waals surface area contributed by atoms with Gasteiger partial charge in [0.2, 0.25) is 0 Å². The molecule has 28 heavy (non-hydrogen) atoms. The minimum Gasteiger partial charge on any atom is -0.388 e. The lowest BCUT2D eigenvalue weighted by atomic mass is 9.93. The molecular weight excluding hydrogens is 470 g/mol. The Morgan fingerprint density at radius 2 is 1.79 bits per heavy atom. The average Bonchev–Trinajstić information content (AvgIpc) is 2.60. The van der Waals surface area contributed by atoms with Crippen LogP contribution in [-0.2, 0) is 13.1 Å². The van der Waals surface area contributed by atoms with Gasteiger partial charge in [-0.25, -0.2) is 9.38 Å². The van der Waals surface area contributed by atoms with Gasteiger partial charge in [0.15, 0.2) is 5.96 Å². The SMILES string of the molecule is CCCC(O)(CCC)CNC(=NCc1ccc(F)c(CN(C)C)c1)NCC.I. The lowest BCUT2D eigenvalue weighted by Gasteiger charge is -2.28. The largest absolute Gasteiger partial charge is 0.388 e. The van der Waals surface area contributed by atoms with Gasteiger partial charge in [-0.05, 0) is 51.6 Å². The molecule has 1 rings (SSSR count). The van der Waals surface area contributed by atoms with Gasteiger partial charge in [0.25, 0.3) is 0 Å². The summed E-state index contributed by atoms with van der Waals surface area (Å²) in [6, 6.07) is 5.14. The number of nitrogens with one attached hydrogen (secondary N) is 2. The van der Waals surface area contributed by atoms with Crippen molar-refractivity contribution in [2.24, 2.45) is 4.99 Å². The Morgan fingerprint density at radius 1 is 1.14 bits per heavy atom. The highest BCUT2D eigenvalue weighted by molar-refractivity contribution is 14.0. The number of aliphatic imine (C=N–C) groups is 1. The Labute approximate surface area is 187 Å². The Bertz CT molecular complexity index is 590. The van der Waals surface area contributed by atoms with Crippen molar-refractivity contribution < 1.29 is 9.50 Å². The topological polar surface area (TPSA) is 59.9 Å². The summed E-state index contributed by atoms with van der Waals surface area (Å²) in [5.41, 5.74) is 0.919. The molecule has 0 bridgehead atoms. The van der Waals surface area contributed by atoms with E-state index in [1.807, 2.05) is 32.0 Å². The number of hydrogen-bond acceptors (Lipinski definition) is 3. The van der Waals surface area contributed by atoms with E-state index in [4.69, 9.17) is 0 Å². The third-order valence-electron chi connectivity index (χ3n) is 4.38. The second-order valence-electron chi connectivity index (χ2n) is 7.44. The van der Waals surface area contributed by atoms with Crippen molar-refractivity contribution in [2.75, 3.05) is 27.2 Å². The molecular formula is C21H38FIN4O. The van der Waals surface area contributed by atoms with Gasteiger partial charge in [0, 0.05) is 25.2 Å². The van der Waals surface area contributed by atoms with Crippen molar-refractivity contribution in [1.82, 2.24) is 15.5 Å². The van der Waals surface area contributed by atoms with Gasteiger partial charge >= 0.3 is 0 Å². The third kappa shape index (κ3) is 10.0. The molecule has 0 aliphatic rings. The molecule has 0 heterocycles. The molecule has 0 aromatic heterocycles. The minimum atomic E-state index is -0.714. The Morgan fingerprint density at radius 3 is 2.32 bits per heavy atom. The molecule has 0 atom stereocenters. The van der Waals surface area contributed by atoms with E-state index in [0.717, 1.165) is 37.8 Å². The second-order valence-corrected chi connectivity index (χ2v) is 7.44. The summed E-state index contributed by atoms with van der Waals surface area (Å²) in [6.07, 6.45) is 3.41. The highest BCUT2D eigenvalue weighted by Crippen LogP contribution is 2.18. The number of nitrogens with zero attached hydrogens (tertiary/aromatic N) is 2. The molecule has 0 amide bonds. The number of benzene rings is 1. The van der Waals surface area contributed by atoms with Gasteiger partial charge in [-0.2, -0.15) is 0 Å². The van der Waals surface area contributed by atoms with Crippen LogP contribution in [-0.4, -0.2) is 48.8 Å². The van der Waals surface area contributed by atoms with Crippen molar-refractivity contribution in [3.63, 3.8) is 0 Å². The summed E-state index contributed by atoms with van der Waals surface area (Å²) >= 11 is 0. The van der Waals surface area contributed by atoms with E-state index in [1.165, 1.54) is 6.07 Å². The third-order valence-corrected chi connectivity index (χ3v) is 4.38. The first-order valence-electron chi connectivity index (χ1n) is 10.00. The summed E-state index contributed by atoms with van der Waals surface area (Å²) in [6.45, 7) is 8.39. The summed E-state index contributed by atoms with van der Waals surface area (Å²) in [7, 11) is 3.84. The first kappa shape index (κ1) is 27.1. The van der Waals surface area contributed by atoms with Crippen molar-refractivity contribution in [1.29, 1.82) is 0 Å². The van der Waals surface area contributed by atoms with E-state index in [-0.39, 0.29) is 29.8 Å². The number of guanidine groups is 1. The van der Waals surface area contributed by atoms with Crippen molar-refractivity contribution in [3.8, 4) is 0 Å². The maximum atomic E-state index is 13.9. The molecule has 5 nitrogen and oxygen atoms in total. The molecule has 0 fully saturated rings. The molecule has 0 aliphatic heterocycles. The van der Waals surface area contributed by atoms with Crippen LogP contribution in [0.25, 0.3) is 0 Å². The van der Waals surface area contributed by atoms with Crippen LogP contribution in [0.4, 0.5) is 4.39 Å². The summed E-state index contributed by atoms with van der Waals surface area (Å²) in [5, 5.41) is 17.3. The van der Waals surface area contributed by atoms with Crippen LogP contribution in [0, 0.1) is 5.82 Å². The standard InChI is InChI=1S/C21H37FN4O.HI/c1-6-11-21(27,12-7-2)16-25-20(23-8-3)24-14-17-9-10-19(22)18(13-17)15-26(4)5;/h9-10,13,27H,6-8,11-12,14-16H2,1-5H3,(H2,23,24,25);1H. The quantitative estimate of drug-likeness (QED) is 0.241. The molecule has 0 radical (unpaired) electrons. The summed E-state index contributed by atoms with van der Waals surface area (Å²) < 4.78 is 13.9. The molecule has 0 saturated heterocycles. The van der Waals surface area contributed by atoms with Crippen LogP contribution >= 0.6 is 24.0 Å². The van der Waals surface area contributed by atoms with Gasteiger partial charge in [-0.15, -0.1) is 24.0 Å². The average molecular weight is 508 g/mol. The van der Waals surface area contributed by atoms with Crippen molar-refractivity contribution in [3.05, 3.63) is 35.1 Å². The van der Waals surface area contributed by atoms with Crippen LogP contribution in [0.3, 0.4) is 0 Å². The number of hydrogen-bond donors (Lipinski definition) is 3. The number of rotatable bonds is 11. The first-order valence-corrected chi connectivity index (χ1v) is 10.00. The highest BCUT2D eigenvalue weighted by atomic mass is 127. The zero-order valence-corrected chi connectivity index (χ0v) is 20.3. The van der Waals surface area contributed by atoms with Gasteiger partial charge in [0.05, 0.1) is 12.1 Å². The van der Waals surface area contributed by atoms with Crippen LogP contribution in [0.1, 0.15) is 57.6 Å². The lowest BCUT2D eigenvalue weighted by Crippen LogP contribution is -2.47. The maximum absolute atomic E-state index is 13.9. The lowest BCUT2D eigenvalue weighted by molar-refractivity contribution is 0.0257. The van der Waals surface area contributed by atoms with Gasteiger partial charge in [0.1, 0.15) is 5.82 Å². The predicted molar refractivity (Wildman–Crippen MR) is 127 cm³/mol. The van der Waals surface area contributed by atoms with Crippen molar-refractivity contribution in [2.45, 2.75) is 65.1 Å². The molecule has 1 aromatic rings. The Balaban J connectivity index is 0.00000729. The normalized spacial score (nSPS) is 12.1. The Kier molecular flexibility index (Phi) is 13.6. The van der Waals surface area contributed by atoms with E-state index < -0.39 is 5.60 Å². The highest BCUT2D eigenvalue weighted by Gasteiger charge is 2.24. The molecule has 0 saturated carbocycles. The molecule has 7 heteroatoms. The zero-order chi connectivity index (χ0) is 20.3. The molecule has 3 N–H and O–H groups in total. The molecule has 162 valence electrons. The van der Waals surface area contributed by atoms with E-state index in [0.29, 0.717) is 31.2 Å². The molecule has 0 aliphatic carbocycles. The fraction of sp³-hybridized carbons (Fsp3) is 0.667. The second kappa shape index (κ2) is 14.1. The van der Waals surface area contributed by atoms with Crippen LogP contribution in [0.15, 0.2) is 23.2 Å². The fourth-order valence-electron chi connectivity index (χ4n) is 3.18. The van der Waals surface area contributed by atoms with Gasteiger partial charge in [-0.1, -0.05) is 32.8 Å². The van der Waals surface area contributed by atoms with E-state index in [9.17, 15) is 9.50 Å². The predicted octanol–water partition coefficient (Wildman–Crippen LogP) is 3.89. The van der Waals surface area contributed by atoms with Crippen molar-refractivity contribution >= 4 is 29.9 Å². The smallest absolute Gasteiger partial charge is 0.191 e. The number of aliphatic hydroxyl groups is 1. The number of halogens is 2. The molecule has 1 aromatic carbocycles. The van der Waals surface area contributed by atoms with Crippen LogP contribution < -0.4 is 10.6 Å². The first-order chi connectivity index (χ1) is 12.8. The Hall–Kier alpha value is -0.930. The van der Waals surface area contributed by atoms with E-state index in [2.05, 4.69) is 29.5 Å². The monoisotopic (exact) mass is 508 g/mol. The van der Waals surface area contributed by atoms with Crippen LogP contribution in [0.2, 0.25) is 0 Å². The minimum absolute atomic E-state index is 0. The maximum Gasteiger partial charge on any atom is 0.191 e. The summed E-state index contributed by atoms with van der Waals surface area (Å²) in [4.78, 5) is 6.55. The zero-order valence-electron chi connectivity index (χ0n) is 18.0. The van der Waals surface area contributed by atoms with E-state index in [1.54, 1.807) is 6.07 Å². The van der Waals surface area contributed by atoms with Gasteiger partial charge < -0.3 is 20.6 Å². The fourth-order valence-corrected chi connectivity index (χ4v) is 3.18.